The fraction of sp³-hybridized carbons (Fsp3) is 0.467. The molecule has 3 rings (SSSR count). The van der Waals surface area contributed by atoms with Crippen molar-refractivity contribution >= 4 is 22.7 Å². The van der Waals surface area contributed by atoms with E-state index in [9.17, 15) is 0 Å². The molecule has 0 spiro atoms. The quantitative estimate of drug-likeness (QED) is 0.747. The molecule has 4 heteroatoms. The SMILES string of the molecule is c1csc(CCOCc2ccc(CNC3CC3)s2)c1. The molecule has 2 aromatic heterocycles. The molecule has 0 radical (unpaired) electrons. The van der Waals surface area contributed by atoms with Gasteiger partial charge in [-0.05, 0) is 36.4 Å². The standard InChI is InChI=1S/C15H19NOS2/c1-2-13(18-9-1)7-8-17-11-15-6-5-14(19-15)10-16-12-3-4-12/h1-2,5-6,9,12,16H,3-4,7-8,10-11H2. The summed E-state index contributed by atoms with van der Waals surface area (Å²) in [6.07, 6.45) is 3.73. The molecule has 0 amide bonds. The first-order chi connectivity index (χ1) is 9.40. The molecule has 0 saturated heterocycles. The van der Waals surface area contributed by atoms with Crippen LogP contribution in [0.25, 0.3) is 0 Å². The van der Waals surface area contributed by atoms with Crippen molar-refractivity contribution in [2.75, 3.05) is 6.61 Å². The normalized spacial score (nSPS) is 14.9. The molecule has 2 heterocycles. The highest BCUT2D eigenvalue weighted by Gasteiger charge is 2.20. The van der Waals surface area contributed by atoms with Gasteiger partial charge in [0, 0.05) is 33.6 Å². The Hall–Kier alpha value is -0.680. The molecule has 0 atom stereocenters. The van der Waals surface area contributed by atoms with Crippen molar-refractivity contribution in [1.29, 1.82) is 0 Å². The van der Waals surface area contributed by atoms with Gasteiger partial charge >= 0.3 is 0 Å². The van der Waals surface area contributed by atoms with E-state index in [2.05, 4.69) is 35.0 Å². The van der Waals surface area contributed by atoms with Gasteiger partial charge in [-0.15, -0.1) is 22.7 Å². The first-order valence-electron chi connectivity index (χ1n) is 6.81. The van der Waals surface area contributed by atoms with E-state index in [0.717, 1.165) is 32.2 Å². The largest absolute Gasteiger partial charge is 0.376 e. The summed E-state index contributed by atoms with van der Waals surface area (Å²) in [6.45, 7) is 2.58. The van der Waals surface area contributed by atoms with E-state index in [1.54, 1.807) is 11.3 Å². The third kappa shape index (κ3) is 4.42. The first kappa shape index (κ1) is 13.3. The van der Waals surface area contributed by atoms with E-state index in [1.807, 2.05) is 11.3 Å². The van der Waals surface area contributed by atoms with E-state index < -0.39 is 0 Å². The Balaban J connectivity index is 1.35. The molecule has 1 saturated carbocycles. The average Bonchev–Trinajstić information content (AvgIpc) is 2.91. The summed E-state index contributed by atoms with van der Waals surface area (Å²) >= 11 is 3.67. The maximum Gasteiger partial charge on any atom is 0.0809 e. The molecule has 1 N–H and O–H groups in total. The molecule has 102 valence electrons. The van der Waals surface area contributed by atoms with Gasteiger partial charge in [-0.2, -0.15) is 0 Å². The highest BCUT2D eigenvalue weighted by atomic mass is 32.1. The summed E-state index contributed by atoms with van der Waals surface area (Å²) in [4.78, 5) is 4.16. The predicted octanol–water partition coefficient (Wildman–Crippen LogP) is 3.82. The second-order valence-electron chi connectivity index (χ2n) is 4.91. The van der Waals surface area contributed by atoms with Gasteiger partial charge in [-0.3, -0.25) is 0 Å². The summed E-state index contributed by atoms with van der Waals surface area (Å²) in [5.41, 5.74) is 0. The third-order valence-electron chi connectivity index (χ3n) is 3.18. The van der Waals surface area contributed by atoms with Crippen molar-refractivity contribution in [2.24, 2.45) is 0 Å². The summed E-state index contributed by atoms with van der Waals surface area (Å²) in [5.74, 6) is 0. The van der Waals surface area contributed by atoms with Crippen LogP contribution in [0, 0.1) is 0 Å². The first-order valence-corrected chi connectivity index (χ1v) is 8.51. The summed E-state index contributed by atoms with van der Waals surface area (Å²) in [7, 11) is 0. The molecule has 1 aliphatic rings. The maximum atomic E-state index is 5.74. The fourth-order valence-electron chi connectivity index (χ4n) is 1.93. The minimum atomic E-state index is 0.749. The van der Waals surface area contributed by atoms with Gasteiger partial charge in [-0.25, -0.2) is 0 Å². The van der Waals surface area contributed by atoms with Gasteiger partial charge in [-0.1, -0.05) is 6.07 Å². The van der Waals surface area contributed by atoms with Gasteiger partial charge < -0.3 is 10.1 Å². The smallest absolute Gasteiger partial charge is 0.0809 e. The molecular weight excluding hydrogens is 274 g/mol. The Morgan fingerprint density at radius 3 is 2.84 bits per heavy atom. The zero-order chi connectivity index (χ0) is 12.9. The second-order valence-corrected chi connectivity index (χ2v) is 7.19. The number of ether oxygens (including phenoxy) is 1. The number of rotatable bonds is 8. The molecule has 1 aliphatic carbocycles. The summed E-state index contributed by atoms with van der Waals surface area (Å²) < 4.78 is 5.74. The van der Waals surface area contributed by atoms with Crippen LogP contribution in [0.5, 0.6) is 0 Å². The van der Waals surface area contributed by atoms with Crippen LogP contribution in [0.2, 0.25) is 0 Å². The van der Waals surface area contributed by atoms with Gasteiger partial charge in [0.05, 0.1) is 13.2 Å². The fourth-order valence-corrected chi connectivity index (χ4v) is 3.52. The number of nitrogens with one attached hydrogen (secondary N) is 1. The Bertz CT molecular complexity index is 488. The van der Waals surface area contributed by atoms with Crippen molar-refractivity contribution in [3.05, 3.63) is 44.3 Å². The van der Waals surface area contributed by atoms with E-state index in [0.29, 0.717) is 0 Å². The molecule has 2 aromatic rings. The van der Waals surface area contributed by atoms with Crippen molar-refractivity contribution in [3.8, 4) is 0 Å². The van der Waals surface area contributed by atoms with Crippen LogP contribution < -0.4 is 5.32 Å². The van der Waals surface area contributed by atoms with E-state index in [1.165, 1.54) is 27.5 Å². The highest BCUT2D eigenvalue weighted by Crippen LogP contribution is 2.22. The highest BCUT2D eigenvalue weighted by molar-refractivity contribution is 7.12. The third-order valence-corrected chi connectivity index (χ3v) is 5.17. The Labute approximate surface area is 122 Å². The van der Waals surface area contributed by atoms with E-state index in [-0.39, 0.29) is 0 Å². The van der Waals surface area contributed by atoms with Gasteiger partial charge in [0.2, 0.25) is 0 Å². The van der Waals surface area contributed by atoms with Crippen LogP contribution in [0.1, 0.15) is 27.5 Å². The monoisotopic (exact) mass is 293 g/mol. The van der Waals surface area contributed by atoms with E-state index >= 15 is 0 Å². The van der Waals surface area contributed by atoms with Gasteiger partial charge in [0.25, 0.3) is 0 Å². The van der Waals surface area contributed by atoms with Crippen LogP contribution in [0.4, 0.5) is 0 Å². The topological polar surface area (TPSA) is 21.3 Å². The average molecular weight is 293 g/mol. The van der Waals surface area contributed by atoms with Crippen LogP contribution >= 0.6 is 22.7 Å². The maximum absolute atomic E-state index is 5.74. The van der Waals surface area contributed by atoms with Crippen LogP contribution in [-0.2, 0) is 24.3 Å². The minimum absolute atomic E-state index is 0.749. The van der Waals surface area contributed by atoms with Gasteiger partial charge in [0.1, 0.15) is 0 Å². The predicted molar refractivity (Wildman–Crippen MR) is 81.9 cm³/mol. The molecule has 19 heavy (non-hydrogen) atoms. The minimum Gasteiger partial charge on any atom is -0.376 e. The zero-order valence-corrected chi connectivity index (χ0v) is 12.6. The molecule has 0 aliphatic heterocycles. The lowest BCUT2D eigenvalue weighted by molar-refractivity contribution is 0.126. The molecule has 0 bridgehead atoms. The molecule has 0 aromatic carbocycles. The van der Waals surface area contributed by atoms with Crippen molar-refractivity contribution < 1.29 is 4.74 Å². The summed E-state index contributed by atoms with van der Waals surface area (Å²) in [6, 6.07) is 9.46. The molecule has 1 fully saturated rings. The molecule has 2 nitrogen and oxygen atoms in total. The summed E-state index contributed by atoms with van der Waals surface area (Å²) in [5, 5.41) is 5.66. The van der Waals surface area contributed by atoms with Crippen molar-refractivity contribution in [3.63, 3.8) is 0 Å². The van der Waals surface area contributed by atoms with Crippen molar-refractivity contribution in [2.45, 2.75) is 38.5 Å². The lowest BCUT2D eigenvalue weighted by Crippen LogP contribution is -2.14. The van der Waals surface area contributed by atoms with Crippen LogP contribution in [0.3, 0.4) is 0 Å². The van der Waals surface area contributed by atoms with Crippen molar-refractivity contribution in [1.82, 2.24) is 5.32 Å². The molecular formula is C15H19NOS2. The molecule has 0 unspecified atom stereocenters. The number of hydrogen-bond acceptors (Lipinski definition) is 4. The van der Waals surface area contributed by atoms with E-state index in [4.69, 9.17) is 4.74 Å². The lowest BCUT2D eigenvalue weighted by Gasteiger charge is -2.01. The zero-order valence-electron chi connectivity index (χ0n) is 10.9. The number of thiophene rings is 2. The Morgan fingerprint density at radius 1 is 1.16 bits per heavy atom. The second kappa shape index (κ2) is 6.66. The Morgan fingerprint density at radius 2 is 2.05 bits per heavy atom. The number of hydrogen-bond donors (Lipinski definition) is 1. The Kier molecular flexibility index (Phi) is 4.66. The lowest BCUT2D eigenvalue weighted by atomic mass is 10.4. The van der Waals surface area contributed by atoms with Crippen LogP contribution in [0.15, 0.2) is 29.6 Å². The van der Waals surface area contributed by atoms with Gasteiger partial charge in [0.15, 0.2) is 0 Å². The van der Waals surface area contributed by atoms with Crippen LogP contribution in [-0.4, -0.2) is 12.6 Å².